The van der Waals surface area contributed by atoms with Gasteiger partial charge in [-0.2, -0.15) is 0 Å². The monoisotopic (exact) mass is 262 g/mol. The first-order valence-electron chi connectivity index (χ1n) is 5.95. The highest BCUT2D eigenvalue weighted by molar-refractivity contribution is 5.94. The van der Waals surface area contributed by atoms with Gasteiger partial charge in [-0.25, -0.2) is 4.39 Å². The maximum absolute atomic E-state index is 13.6. The van der Waals surface area contributed by atoms with E-state index in [0.29, 0.717) is 5.76 Å². The number of hydrogen-bond donors (Lipinski definition) is 1. The molecule has 0 fully saturated rings. The zero-order chi connectivity index (χ0) is 14.0. The van der Waals surface area contributed by atoms with Gasteiger partial charge in [0.05, 0.1) is 11.3 Å². The molecule has 2 aromatic rings. The molecule has 1 amide bonds. The molecule has 2 rings (SSSR count). The Labute approximate surface area is 110 Å². The van der Waals surface area contributed by atoms with Gasteiger partial charge in [0.25, 0.3) is 5.91 Å². The topological polar surface area (TPSA) is 55.1 Å². The Balaban J connectivity index is 2.10. The van der Waals surface area contributed by atoms with Crippen molar-refractivity contribution in [1.82, 2.24) is 10.5 Å². The molecule has 4 nitrogen and oxygen atoms in total. The van der Waals surface area contributed by atoms with Crippen molar-refractivity contribution < 1.29 is 13.7 Å². The first kappa shape index (κ1) is 13.3. The van der Waals surface area contributed by atoms with Crippen molar-refractivity contribution >= 4 is 5.91 Å². The van der Waals surface area contributed by atoms with Gasteiger partial charge in [-0.3, -0.25) is 4.79 Å². The lowest BCUT2D eigenvalue weighted by atomic mass is 10.1. The van der Waals surface area contributed by atoms with E-state index in [1.807, 2.05) is 0 Å². The Morgan fingerprint density at radius 2 is 2.11 bits per heavy atom. The first-order chi connectivity index (χ1) is 8.99. The number of aromatic nitrogens is 1. The van der Waals surface area contributed by atoms with Crippen LogP contribution in [0.3, 0.4) is 0 Å². The molecule has 19 heavy (non-hydrogen) atoms. The fraction of sp³-hybridized carbons (Fsp3) is 0.286. The van der Waals surface area contributed by atoms with E-state index in [1.54, 1.807) is 26.8 Å². The van der Waals surface area contributed by atoms with Gasteiger partial charge in [-0.1, -0.05) is 11.2 Å². The molecular weight excluding hydrogens is 247 g/mol. The van der Waals surface area contributed by atoms with Gasteiger partial charge in [-0.15, -0.1) is 0 Å². The number of rotatable bonds is 3. The average Bonchev–Trinajstić information content (AvgIpc) is 2.66. The minimum absolute atomic E-state index is 0.0392. The summed E-state index contributed by atoms with van der Waals surface area (Å²) in [5, 5.41) is 6.46. The smallest absolute Gasteiger partial charge is 0.254 e. The molecule has 0 atom stereocenters. The number of amides is 1. The SMILES string of the molecule is Cc1ccc(C(=O)NCc2c(C)noc2C)c(F)c1. The summed E-state index contributed by atoms with van der Waals surface area (Å²) < 4.78 is 18.6. The van der Waals surface area contributed by atoms with Crippen LogP contribution in [-0.4, -0.2) is 11.1 Å². The van der Waals surface area contributed by atoms with Crippen molar-refractivity contribution in [3.05, 3.63) is 52.2 Å². The van der Waals surface area contributed by atoms with E-state index < -0.39 is 11.7 Å². The van der Waals surface area contributed by atoms with Crippen LogP contribution in [0.4, 0.5) is 4.39 Å². The molecule has 0 aliphatic carbocycles. The predicted octanol–water partition coefficient (Wildman–Crippen LogP) is 2.67. The quantitative estimate of drug-likeness (QED) is 0.925. The average molecular weight is 262 g/mol. The zero-order valence-corrected chi connectivity index (χ0v) is 11.1. The first-order valence-corrected chi connectivity index (χ1v) is 5.95. The van der Waals surface area contributed by atoms with Gasteiger partial charge in [0, 0.05) is 12.1 Å². The van der Waals surface area contributed by atoms with Crippen LogP contribution in [0.15, 0.2) is 22.7 Å². The van der Waals surface area contributed by atoms with Gasteiger partial charge < -0.3 is 9.84 Å². The molecule has 1 heterocycles. The highest BCUT2D eigenvalue weighted by Gasteiger charge is 2.14. The summed E-state index contributed by atoms with van der Waals surface area (Å²) in [6.45, 7) is 5.61. The van der Waals surface area contributed by atoms with Gasteiger partial charge in [0.15, 0.2) is 0 Å². The third kappa shape index (κ3) is 2.81. The largest absolute Gasteiger partial charge is 0.361 e. The second kappa shape index (κ2) is 5.22. The molecule has 1 aromatic carbocycles. The van der Waals surface area contributed by atoms with Crippen LogP contribution in [0.1, 0.15) is 32.9 Å². The zero-order valence-electron chi connectivity index (χ0n) is 11.1. The van der Waals surface area contributed by atoms with E-state index >= 15 is 0 Å². The molecule has 1 aromatic heterocycles. The Morgan fingerprint density at radius 1 is 1.37 bits per heavy atom. The van der Waals surface area contributed by atoms with Crippen LogP contribution in [0.25, 0.3) is 0 Å². The third-order valence-corrected chi connectivity index (χ3v) is 2.98. The van der Waals surface area contributed by atoms with E-state index in [9.17, 15) is 9.18 Å². The molecule has 0 saturated heterocycles. The fourth-order valence-corrected chi connectivity index (χ4v) is 1.82. The number of nitrogens with zero attached hydrogens (tertiary/aromatic N) is 1. The van der Waals surface area contributed by atoms with Crippen molar-refractivity contribution in [1.29, 1.82) is 0 Å². The van der Waals surface area contributed by atoms with Crippen molar-refractivity contribution in [2.24, 2.45) is 0 Å². The number of aryl methyl sites for hydroxylation is 3. The lowest BCUT2D eigenvalue weighted by molar-refractivity contribution is 0.0947. The lowest BCUT2D eigenvalue weighted by Gasteiger charge is -2.06. The second-order valence-electron chi connectivity index (χ2n) is 4.47. The van der Waals surface area contributed by atoms with Crippen LogP contribution in [0.5, 0.6) is 0 Å². The number of nitrogens with one attached hydrogen (secondary N) is 1. The standard InChI is InChI=1S/C14H15FN2O2/c1-8-4-5-11(13(15)6-8)14(18)16-7-12-9(2)17-19-10(12)3/h4-6H,7H2,1-3H3,(H,16,18). The van der Waals surface area contributed by atoms with E-state index in [2.05, 4.69) is 10.5 Å². The van der Waals surface area contributed by atoms with E-state index in [0.717, 1.165) is 16.8 Å². The van der Waals surface area contributed by atoms with Gasteiger partial charge >= 0.3 is 0 Å². The third-order valence-electron chi connectivity index (χ3n) is 2.98. The number of hydrogen-bond acceptors (Lipinski definition) is 3. The summed E-state index contributed by atoms with van der Waals surface area (Å²) in [6.07, 6.45) is 0. The van der Waals surface area contributed by atoms with Crippen LogP contribution in [0, 0.1) is 26.6 Å². The molecule has 0 aliphatic heterocycles. The molecule has 0 unspecified atom stereocenters. The molecule has 0 saturated carbocycles. The molecule has 100 valence electrons. The van der Waals surface area contributed by atoms with E-state index in [1.165, 1.54) is 12.1 Å². The molecule has 0 bridgehead atoms. The Kier molecular flexibility index (Phi) is 3.64. The van der Waals surface area contributed by atoms with Crippen LogP contribution < -0.4 is 5.32 Å². The van der Waals surface area contributed by atoms with Crippen molar-refractivity contribution in [2.45, 2.75) is 27.3 Å². The van der Waals surface area contributed by atoms with E-state index in [-0.39, 0.29) is 12.1 Å². The van der Waals surface area contributed by atoms with Crippen molar-refractivity contribution in [3.63, 3.8) is 0 Å². The van der Waals surface area contributed by atoms with Gasteiger partial charge in [-0.05, 0) is 38.5 Å². The maximum Gasteiger partial charge on any atom is 0.254 e. The van der Waals surface area contributed by atoms with Crippen LogP contribution in [0.2, 0.25) is 0 Å². The summed E-state index contributed by atoms with van der Waals surface area (Å²) in [7, 11) is 0. The van der Waals surface area contributed by atoms with E-state index in [4.69, 9.17) is 4.52 Å². The number of halogens is 1. The Morgan fingerprint density at radius 3 is 2.68 bits per heavy atom. The van der Waals surface area contributed by atoms with Gasteiger partial charge in [0.2, 0.25) is 0 Å². The van der Waals surface area contributed by atoms with Crippen LogP contribution >= 0.6 is 0 Å². The number of carbonyl (C=O) groups is 1. The van der Waals surface area contributed by atoms with Gasteiger partial charge in [0.1, 0.15) is 11.6 Å². The molecular formula is C14H15FN2O2. The fourth-order valence-electron chi connectivity index (χ4n) is 1.82. The summed E-state index contributed by atoms with van der Waals surface area (Å²) in [5.41, 5.74) is 2.36. The maximum atomic E-state index is 13.6. The predicted molar refractivity (Wildman–Crippen MR) is 68.3 cm³/mol. The molecule has 0 radical (unpaired) electrons. The molecule has 0 spiro atoms. The molecule has 1 N–H and O–H groups in total. The number of carbonyl (C=O) groups excluding carboxylic acids is 1. The summed E-state index contributed by atoms with van der Waals surface area (Å²) >= 11 is 0. The molecule has 0 aliphatic rings. The Bertz CT molecular complexity index is 600. The van der Waals surface area contributed by atoms with Crippen molar-refractivity contribution in [3.8, 4) is 0 Å². The van der Waals surface area contributed by atoms with Crippen molar-refractivity contribution in [2.75, 3.05) is 0 Å². The summed E-state index contributed by atoms with van der Waals surface area (Å²) in [6, 6.07) is 4.52. The number of benzene rings is 1. The van der Waals surface area contributed by atoms with Crippen LogP contribution in [-0.2, 0) is 6.54 Å². The minimum atomic E-state index is -0.517. The second-order valence-corrected chi connectivity index (χ2v) is 4.47. The normalized spacial score (nSPS) is 10.5. The summed E-state index contributed by atoms with van der Waals surface area (Å²) in [4.78, 5) is 11.9. The highest BCUT2D eigenvalue weighted by Crippen LogP contribution is 2.13. The summed E-state index contributed by atoms with van der Waals surface area (Å²) in [5.74, 6) is -0.309. The lowest BCUT2D eigenvalue weighted by Crippen LogP contribution is -2.24. The Hall–Kier alpha value is -2.17. The highest BCUT2D eigenvalue weighted by atomic mass is 19.1. The minimum Gasteiger partial charge on any atom is -0.361 e. The molecule has 5 heteroatoms.